The number of carbonyl (C=O) groups is 1. The predicted molar refractivity (Wildman–Crippen MR) is 110 cm³/mol. The number of hydrogen-bond donors (Lipinski definition) is 3. The summed E-state index contributed by atoms with van der Waals surface area (Å²) in [4.78, 5) is 18.2. The lowest BCUT2D eigenvalue weighted by molar-refractivity contribution is 0.222. The molecule has 1 fully saturated rings. The molecule has 0 spiro atoms. The minimum absolute atomic E-state index is 0. The number of amides is 2. The van der Waals surface area contributed by atoms with Crippen LogP contribution in [0.5, 0.6) is 0 Å². The van der Waals surface area contributed by atoms with E-state index >= 15 is 0 Å². The molecule has 0 atom stereocenters. The van der Waals surface area contributed by atoms with Gasteiger partial charge in [-0.25, -0.2) is 4.79 Å². The van der Waals surface area contributed by atoms with E-state index in [0.717, 1.165) is 56.1 Å². The first-order chi connectivity index (χ1) is 11.2. The summed E-state index contributed by atoms with van der Waals surface area (Å²) in [6, 6.07) is 7.90. The number of urea groups is 1. The molecule has 1 aromatic carbocycles. The average molecular weight is 445 g/mol. The van der Waals surface area contributed by atoms with Crippen LogP contribution in [0.25, 0.3) is 0 Å². The maximum absolute atomic E-state index is 12.1. The molecule has 0 unspecified atom stereocenters. The molecule has 7 heteroatoms. The van der Waals surface area contributed by atoms with Gasteiger partial charge in [-0.15, -0.1) is 24.0 Å². The van der Waals surface area contributed by atoms with E-state index < -0.39 is 0 Å². The number of likely N-dealkylation sites (tertiary alicyclic amines) is 1. The van der Waals surface area contributed by atoms with Crippen molar-refractivity contribution in [3.05, 3.63) is 29.8 Å². The Kier molecular flexibility index (Phi) is 9.51. The lowest BCUT2D eigenvalue weighted by Crippen LogP contribution is -2.37. The minimum Gasteiger partial charge on any atom is -0.356 e. The third-order valence-corrected chi connectivity index (χ3v) is 3.80. The quantitative estimate of drug-likeness (QED) is 0.371. The van der Waals surface area contributed by atoms with Gasteiger partial charge in [-0.1, -0.05) is 19.1 Å². The monoisotopic (exact) mass is 445 g/mol. The molecular weight excluding hydrogens is 417 g/mol. The fourth-order valence-electron chi connectivity index (χ4n) is 2.53. The SMILES string of the molecule is CCCNC(=NC)NCc1cccc(NC(=O)N2CCCC2)c1.I. The molecule has 0 saturated carbocycles. The van der Waals surface area contributed by atoms with Crippen LogP contribution in [0.4, 0.5) is 10.5 Å². The van der Waals surface area contributed by atoms with Crippen LogP contribution >= 0.6 is 24.0 Å². The normalized spacial score (nSPS) is 14.1. The summed E-state index contributed by atoms with van der Waals surface area (Å²) in [6.07, 6.45) is 3.25. The highest BCUT2D eigenvalue weighted by atomic mass is 127. The Hall–Kier alpha value is -1.51. The van der Waals surface area contributed by atoms with Crippen molar-refractivity contribution >= 4 is 41.7 Å². The second-order valence-electron chi connectivity index (χ2n) is 5.68. The molecule has 1 aliphatic rings. The van der Waals surface area contributed by atoms with Crippen LogP contribution in [0.1, 0.15) is 31.7 Å². The molecule has 6 nitrogen and oxygen atoms in total. The number of benzene rings is 1. The molecule has 1 aliphatic heterocycles. The van der Waals surface area contributed by atoms with Crippen LogP contribution in [0.2, 0.25) is 0 Å². The van der Waals surface area contributed by atoms with E-state index in [1.54, 1.807) is 7.05 Å². The Morgan fingerprint density at radius 3 is 2.67 bits per heavy atom. The smallest absolute Gasteiger partial charge is 0.321 e. The third kappa shape index (κ3) is 6.54. The van der Waals surface area contributed by atoms with Gasteiger partial charge in [0.15, 0.2) is 5.96 Å². The summed E-state index contributed by atoms with van der Waals surface area (Å²) in [5.41, 5.74) is 1.93. The number of hydrogen-bond acceptors (Lipinski definition) is 2. The molecule has 1 saturated heterocycles. The molecule has 0 bridgehead atoms. The highest BCUT2D eigenvalue weighted by Gasteiger charge is 2.17. The van der Waals surface area contributed by atoms with Crippen molar-refractivity contribution in [3.8, 4) is 0 Å². The number of carbonyl (C=O) groups excluding carboxylic acids is 1. The number of anilines is 1. The summed E-state index contributed by atoms with van der Waals surface area (Å²) < 4.78 is 0. The van der Waals surface area contributed by atoms with Crippen LogP contribution in [-0.2, 0) is 6.54 Å². The zero-order chi connectivity index (χ0) is 16.5. The molecule has 1 heterocycles. The predicted octanol–water partition coefficient (Wildman–Crippen LogP) is 3.01. The lowest BCUT2D eigenvalue weighted by Gasteiger charge is -2.17. The Morgan fingerprint density at radius 1 is 1.25 bits per heavy atom. The summed E-state index contributed by atoms with van der Waals surface area (Å²) in [7, 11) is 1.76. The van der Waals surface area contributed by atoms with Gasteiger partial charge in [-0.3, -0.25) is 4.99 Å². The molecule has 2 amide bonds. The van der Waals surface area contributed by atoms with Gasteiger partial charge in [0.25, 0.3) is 0 Å². The first-order valence-corrected chi connectivity index (χ1v) is 8.32. The molecule has 0 radical (unpaired) electrons. The number of rotatable bonds is 5. The topological polar surface area (TPSA) is 68.8 Å². The van der Waals surface area contributed by atoms with E-state index in [0.29, 0.717) is 6.54 Å². The fourth-order valence-corrected chi connectivity index (χ4v) is 2.53. The third-order valence-electron chi connectivity index (χ3n) is 3.80. The summed E-state index contributed by atoms with van der Waals surface area (Å²) in [6.45, 7) is 5.38. The molecule has 0 aliphatic carbocycles. The zero-order valence-corrected chi connectivity index (χ0v) is 16.8. The molecule has 3 N–H and O–H groups in total. The van der Waals surface area contributed by atoms with Gasteiger partial charge < -0.3 is 20.9 Å². The van der Waals surface area contributed by atoms with Gasteiger partial charge in [-0.05, 0) is 37.0 Å². The maximum Gasteiger partial charge on any atom is 0.321 e. The average Bonchev–Trinajstić information content (AvgIpc) is 3.10. The molecule has 2 rings (SSSR count). The van der Waals surface area contributed by atoms with Gasteiger partial charge in [0.1, 0.15) is 0 Å². The van der Waals surface area contributed by atoms with Gasteiger partial charge in [0.05, 0.1) is 0 Å². The zero-order valence-electron chi connectivity index (χ0n) is 14.5. The summed E-state index contributed by atoms with van der Waals surface area (Å²) >= 11 is 0. The highest BCUT2D eigenvalue weighted by molar-refractivity contribution is 14.0. The van der Waals surface area contributed by atoms with Gasteiger partial charge >= 0.3 is 6.03 Å². The Morgan fingerprint density at radius 2 is 2.00 bits per heavy atom. The number of halogens is 1. The standard InChI is InChI=1S/C17H27N5O.HI/c1-3-9-19-16(18-2)20-13-14-7-6-8-15(12-14)21-17(23)22-10-4-5-11-22;/h6-8,12H,3-5,9-11,13H2,1-2H3,(H,21,23)(H2,18,19,20);1H. The van der Waals surface area contributed by atoms with E-state index in [1.165, 1.54) is 0 Å². The second-order valence-corrected chi connectivity index (χ2v) is 5.68. The van der Waals surface area contributed by atoms with Crippen molar-refractivity contribution in [3.63, 3.8) is 0 Å². The van der Waals surface area contributed by atoms with Crippen molar-refractivity contribution in [2.45, 2.75) is 32.7 Å². The van der Waals surface area contributed by atoms with E-state index in [2.05, 4.69) is 27.9 Å². The van der Waals surface area contributed by atoms with Crippen LogP contribution in [0.15, 0.2) is 29.3 Å². The van der Waals surface area contributed by atoms with Gasteiger partial charge in [0, 0.05) is 38.9 Å². The molecular formula is C17H28IN5O. The van der Waals surface area contributed by atoms with E-state index in [-0.39, 0.29) is 30.0 Å². The summed E-state index contributed by atoms with van der Waals surface area (Å²) in [5, 5.41) is 9.48. The number of aliphatic imine (C=N–C) groups is 1. The van der Waals surface area contributed by atoms with Crippen molar-refractivity contribution in [2.24, 2.45) is 4.99 Å². The van der Waals surface area contributed by atoms with Crippen LogP contribution in [-0.4, -0.2) is 43.6 Å². The largest absolute Gasteiger partial charge is 0.356 e. The molecule has 0 aromatic heterocycles. The van der Waals surface area contributed by atoms with Gasteiger partial charge in [0.2, 0.25) is 0 Å². The Bertz CT molecular complexity index is 544. The number of nitrogens with zero attached hydrogens (tertiary/aromatic N) is 2. The van der Waals surface area contributed by atoms with Crippen LogP contribution in [0.3, 0.4) is 0 Å². The van der Waals surface area contributed by atoms with Crippen LogP contribution in [0, 0.1) is 0 Å². The van der Waals surface area contributed by atoms with Crippen molar-refractivity contribution in [1.29, 1.82) is 0 Å². The minimum atomic E-state index is -0.00645. The molecule has 24 heavy (non-hydrogen) atoms. The fraction of sp³-hybridized carbons (Fsp3) is 0.529. The van der Waals surface area contributed by atoms with Crippen molar-refractivity contribution in [2.75, 3.05) is 32.0 Å². The van der Waals surface area contributed by atoms with Crippen molar-refractivity contribution < 1.29 is 4.79 Å². The lowest BCUT2D eigenvalue weighted by atomic mass is 10.2. The van der Waals surface area contributed by atoms with Gasteiger partial charge in [-0.2, -0.15) is 0 Å². The Labute approximate surface area is 161 Å². The first-order valence-electron chi connectivity index (χ1n) is 8.32. The van der Waals surface area contributed by atoms with Crippen molar-refractivity contribution in [1.82, 2.24) is 15.5 Å². The first kappa shape index (κ1) is 20.5. The number of guanidine groups is 1. The molecule has 1 aromatic rings. The maximum atomic E-state index is 12.1. The van der Waals surface area contributed by atoms with E-state index in [1.807, 2.05) is 29.2 Å². The van der Waals surface area contributed by atoms with E-state index in [4.69, 9.17) is 0 Å². The second kappa shape index (κ2) is 11.1. The number of nitrogens with one attached hydrogen (secondary N) is 3. The highest BCUT2D eigenvalue weighted by Crippen LogP contribution is 2.14. The van der Waals surface area contributed by atoms with E-state index in [9.17, 15) is 4.79 Å². The molecule has 134 valence electrons. The van der Waals surface area contributed by atoms with Crippen LogP contribution < -0.4 is 16.0 Å². The Balaban J connectivity index is 0.00000288. The summed E-state index contributed by atoms with van der Waals surface area (Å²) in [5.74, 6) is 0.790.